The Bertz CT molecular complexity index is 1260. The maximum atomic E-state index is 14.3. The van der Waals surface area contributed by atoms with Crippen LogP contribution in [0.15, 0.2) is 115 Å². The number of hydrogen-bond donors (Lipinski definition) is 1. The number of Topliss-reactive ketones (excluding diaryl/α,β-unsaturated/α-hetero) is 1. The van der Waals surface area contributed by atoms with Crippen LogP contribution in [0.3, 0.4) is 0 Å². The Morgan fingerprint density at radius 1 is 0.656 bits per heavy atom. The van der Waals surface area contributed by atoms with Gasteiger partial charge in [-0.25, -0.2) is 0 Å². The van der Waals surface area contributed by atoms with Gasteiger partial charge in [0.15, 0.2) is 0 Å². The second-order valence-electron chi connectivity index (χ2n) is 7.83. The second kappa shape index (κ2) is 8.16. The minimum Gasteiger partial charge on any atom is -0.361 e. The first-order valence-electron chi connectivity index (χ1n) is 10.6. The number of fused-ring (bicyclic) bond motifs is 1. The zero-order chi connectivity index (χ0) is 22.0. The van der Waals surface area contributed by atoms with Crippen molar-refractivity contribution >= 4 is 23.1 Å². The molecule has 4 nitrogen and oxygen atoms in total. The first-order chi connectivity index (χ1) is 15.7. The highest BCUT2D eigenvalue weighted by molar-refractivity contribution is 6.29. The zero-order valence-corrected chi connectivity index (χ0v) is 17.4. The molecule has 4 aromatic rings. The van der Waals surface area contributed by atoms with Gasteiger partial charge in [-0.15, -0.1) is 0 Å². The number of hydrogen-bond acceptors (Lipinski definition) is 3. The lowest BCUT2D eigenvalue weighted by Gasteiger charge is -2.42. The molecule has 4 aromatic carbocycles. The Kier molecular flexibility index (Phi) is 5.04. The fourth-order valence-electron chi connectivity index (χ4n) is 4.30. The number of carbonyl (C=O) groups excluding carboxylic acids is 2. The van der Waals surface area contributed by atoms with Gasteiger partial charge in [-0.3, -0.25) is 9.59 Å². The van der Waals surface area contributed by atoms with Crippen LogP contribution in [0, 0.1) is 0 Å². The van der Waals surface area contributed by atoms with Gasteiger partial charge in [-0.2, -0.15) is 0 Å². The van der Waals surface area contributed by atoms with E-state index in [9.17, 15) is 9.59 Å². The van der Waals surface area contributed by atoms with E-state index in [0.29, 0.717) is 29.0 Å². The Morgan fingerprint density at radius 3 is 1.91 bits per heavy atom. The predicted molar refractivity (Wildman–Crippen MR) is 127 cm³/mol. The molecule has 5 rings (SSSR count). The average Bonchev–Trinajstić information content (AvgIpc) is 2.86. The molecule has 1 atom stereocenters. The maximum Gasteiger partial charge on any atom is 0.265 e. The normalized spacial score (nSPS) is 17.7. The number of amides is 1. The Labute approximate surface area is 187 Å². The molecule has 0 saturated carbocycles. The molecule has 0 aromatic heterocycles. The number of benzene rings is 4. The fourth-order valence-corrected chi connectivity index (χ4v) is 4.30. The molecule has 32 heavy (non-hydrogen) atoms. The standard InChI is InChI=1S/C28H22N2O2/c31-26-24-18-10-11-19-25(24)30(20-21-12-4-1-5-13-21)27(32)28(26,22-14-6-2-7-15-22)29-23-16-8-3-9-17-23/h1-19,29H,20H2. The average molecular weight is 418 g/mol. The van der Waals surface area contributed by atoms with E-state index in [2.05, 4.69) is 5.32 Å². The van der Waals surface area contributed by atoms with Gasteiger partial charge in [0.2, 0.25) is 11.3 Å². The first kappa shape index (κ1) is 19.8. The highest BCUT2D eigenvalue weighted by atomic mass is 16.2. The number of ketones is 1. The lowest BCUT2D eigenvalue weighted by molar-refractivity contribution is -0.122. The second-order valence-corrected chi connectivity index (χ2v) is 7.83. The van der Waals surface area contributed by atoms with Crippen LogP contribution in [0.1, 0.15) is 21.5 Å². The van der Waals surface area contributed by atoms with Crippen molar-refractivity contribution in [3.8, 4) is 0 Å². The number of anilines is 2. The highest BCUT2D eigenvalue weighted by Gasteiger charge is 2.54. The van der Waals surface area contributed by atoms with Crippen molar-refractivity contribution in [3.63, 3.8) is 0 Å². The molecule has 1 unspecified atom stereocenters. The number of para-hydroxylation sites is 2. The van der Waals surface area contributed by atoms with Crippen LogP contribution in [-0.4, -0.2) is 11.7 Å². The minimum absolute atomic E-state index is 0.252. The molecule has 1 aliphatic heterocycles. The summed E-state index contributed by atoms with van der Waals surface area (Å²) in [6.07, 6.45) is 0. The van der Waals surface area contributed by atoms with Gasteiger partial charge in [0, 0.05) is 11.3 Å². The van der Waals surface area contributed by atoms with Gasteiger partial charge in [-0.1, -0.05) is 91.0 Å². The Hall–Kier alpha value is -4.18. The lowest BCUT2D eigenvalue weighted by Crippen LogP contribution is -2.60. The molecule has 1 N–H and O–H groups in total. The summed E-state index contributed by atoms with van der Waals surface area (Å²) in [7, 11) is 0. The van der Waals surface area contributed by atoms with Crippen molar-refractivity contribution in [1.29, 1.82) is 0 Å². The Morgan fingerprint density at radius 2 is 1.22 bits per heavy atom. The van der Waals surface area contributed by atoms with Crippen LogP contribution in [0.5, 0.6) is 0 Å². The SMILES string of the molecule is O=C1c2ccccc2N(Cc2ccccc2)C(=O)C1(Nc1ccccc1)c1ccccc1. The number of nitrogens with one attached hydrogen (secondary N) is 1. The van der Waals surface area contributed by atoms with Crippen LogP contribution in [-0.2, 0) is 16.9 Å². The molecule has 1 heterocycles. The maximum absolute atomic E-state index is 14.3. The molecule has 0 spiro atoms. The van der Waals surface area contributed by atoms with Crippen molar-refractivity contribution < 1.29 is 9.59 Å². The van der Waals surface area contributed by atoms with Gasteiger partial charge < -0.3 is 10.2 Å². The summed E-state index contributed by atoms with van der Waals surface area (Å²) in [5.41, 5.74) is 1.91. The van der Waals surface area contributed by atoms with Gasteiger partial charge in [0.1, 0.15) is 0 Å². The summed E-state index contributed by atoms with van der Waals surface area (Å²) in [5.74, 6) is -0.544. The predicted octanol–water partition coefficient (Wildman–Crippen LogP) is 5.42. The fraction of sp³-hybridized carbons (Fsp3) is 0.0714. The summed E-state index contributed by atoms with van der Waals surface area (Å²) in [6, 6.07) is 35.8. The van der Waals surface area contributed by atoms with Crippen molar-refractivity contribution in [2.75, 3.05) is 10.2 Å². The molecule has 0 saturated heterocycles. The largest absolute Gasteiger partial charge is 0.361 e. The zero-order valence-electron chi connectivity index (χ0n) is 17.4. The van der Waals surface area contributed by atoms with Crippen LogP contribution in [0.25, 0.3) is 0 Å². The monoisotopic (exact) mass is 418 g/mol. The van der Waals surface area contributed by atoms with E-state index < -0.39 is 5.54 Å². The third-order valence-electron chi connectivity index (χ3n) is 5.84. The minimum atomic E-state index is -1.56. The van der Waals surface area contributed by atoms with Crippen LogP contribution < -0.4 is 10.2 Å². The summed E-state index contributed by atoms with van der Waals surface area (Å²) in [4.78, 5) is 30.0. The molecule has 1 amide bonds. The van der Waals surface area contributed by atoms with Crippen molar-refractivity contribution in [1.82, 2.24) is 0 Å². The van der Waals surface area contributed by atoms with E-state index in [1.807, 2.05) is 109 Å². The van der Waals surface area contributed by atoms with E-state index in [1.165, 1.54) is 0 Å². The highest BCUT2D eigenvalue weighted by Crippen LogP contribution is 2.41. The van der Waals surface area contributed by atoms with E-state index >= 15 is 0 Å². The first-order valence-corrected chi connectivity index (χ1v) is 10.6. The van der Waals surface area contributed by atoms with Crippen molar-refractivity contribution in [3.05, 3.63) is 132 Å². The van der Waals surface area contributed by atoms with Gasteiger partial charge >= 0.3 is 0 Å². The summed E-state index contributed by atoms with van der Waals surface area (Å²) < 4.78 is 0. The Balaban J connectivity index is 1.72. The van der Waals surface area contributed by atoms with Gasteiger partial charge in [0.05, 0.1) is 12.2 Å². The molecule has 0 fully saturated rings. The van der Waals surface area contributed by atoms with Gasteiger partial charge in [-0.05, 0) is 35.4 Å². The van der Waals surface area contributed by atoms with Crippen LogP contribution in [0.2, 0.25) is 0 Å². The van der Waals surface area contributed by atoms with E-state index in [4.69, 9.17) is 0 Å². The number of rotatable bonds is 5. The molecular formula is C28H22N2O2. The summed E-state index contributed by atoms with van der Waals surface area (Å²) in [5, 5.41) is 3.33. The van der Waals surface area contributed by atoms with Crippen LogP contribution >= 0.6 is 0 Å². The van der Waals surface area contributed by atoms with E-state index in [-0.39, 0.29) is 11.7 Å². The molecule has 4 heteroatoms. The molecule has 156 valence electrons. The molecule has 0 bridgehead atoms. The lowest BCUT2D eigenvalue weighted by atomic mass is 9.77. The van der Waals surface area contributed by atoms with Crippen molar-refractivity contribution in [2.24, 2.45) is 0 Å². The number of carbonyl (C=O) groups is 2. The smallest absolute Gasteiger partial charge is 0.265 e. The molecule has 0 radical (unpaired) electrons. The third kappa shape index (κ3) is 3.26. The molecule has 1 aliphatic rings. The summed E-state index contributed by atoms with van der Waals surface area (Å²) in [6.45, 7) is 0.370. The quantitative estimate of drug-likeness (QED) is 0.440. The van der Waals surface area contributed by atoms with Gasteiger partial charge in [0.25, 0.3) is 5.91 Å². The number of nitrogens with zero attached hydrogens (tertiary/aromatic N) is 1. The van der Waals surface area contributed by atoms with Crippen LogP contribution in [0.4, 0.5) is 11.4 Å². The van der Waals surface area contributed by atoms with E-state index in [1.54, 1.807) is 11.0 Å². The molecule has 0 aliphatic carbocycles. The molecular weight excluding hydrogens is 396 g/mol. The topological polar surface area (TPSA) is 49.4 Å². The van der Waals surface area contributed by atoms with Crippen molar-refractivity contribution in [2.45, 2.75) is 12.1 Å². The van der Waals surface area contributed by atoms with E-state index in [0.717, 1.165) is 5.56 Å². The third-order valence-corrected chi connectivity index (χ3v) is 5.84. The summed E-state index contributed by atoms with van der Waals surface area (Å²) >= 11 is 0.